The molecule has 1 aromatic heterocycles. The summed E-state index contributed by atoms with van der Waals surface area (Å²) in [5.41, 5.74) is 7.88. The summed E-state index contributed by atoms with van der Waals surface area (Å²) < 4.78 is 50.2. The largest absolute Gasteiger partial charge is 0.466 e. The molecule has 0 saturated heterocycles. The summed E-state index contributed by atoms with van der Waals surface area (Å²) in [6.45, 7) is 5.19. The third-order valence-electron chi connectivity index (χ3n) is 5.29. The minimum atomic E-state index is -4.54. The molecule has 0 bridgehead atoms. The molecule has 1 atom stereocenters. The van der Waals surface area contributed by atoms with E-state index in [-0.39, 0.29) is 29.3 Å². The van der Waals surface area contributed by atoms with Crippen molar-refractivity contribution in [3.63, 3.8) is 0 Å². The van der Waals surface area contributed by atoms with E-state index in [4.69, 9.17) is 15.2 Å². The number of carbonyl (C=O) groups is 1. The maximum absolute atomic E-state index is 12.9. The maximum atomic E-state index is 12.9. The third-order valence-corrected chi connectivity index (χ3v) is 5.29. The van der Waals surface area contributed by atoms with Crippen LogP contribution in [0.4, 0.5) is 13.2 Å². The van der Waals surface area contributed by atoms with Crippen LogP contribution < -0.4 is 5.73 Å². The molecule has 1 aromatic carbocycles. The van der Waals surface area contributed by atoms with Gasteiger partial charge >= 0.3 is 12.1 Å². The second kappa shape index (κ2) is 8.42. The van der Waals surface area contributed by atoms with Crippen molar-refractivity contribution in [3.8, 4) is 6.07 Å². The molecule has 168 valence electrons. The van der Waals surface area contributed by atoms with Crippen molar-refractivity contribution in [2.75, 3.05) is 7.11 Å². The molecule has 0 radical (unpaired) electrons. The minimum Gasteiger partial charge on any atom is -0.466 e. The molecule has 2 aromatic rings. The molecule has 0 fully saturated rings. The summed E-state index contributed by atoms with van der Waals surface area (Å²) >= 11 is 0. The molecule has 0 aliphatic carbocycles. The zero-order valence-corrected chi connectivity index (χ0v) is 17.9. The standard InChI is InChI=1S/C22H21F3N4O3/c1-11-7-14(10-29-6-5-17(28-29)22(23,24)25)12(2)15(8-11)19-16(9-26)20(27)32-13(3)18(19)21(30)31-4/h5-8,19H,10,27H2,1-4H3/t19-/m0/s1. The molecule has 32 heavy (non-hydrogen) atoms. The van der Waals surface area contributed by atoms with Crippen molar-refractivity contribution in [2.24, 2.45) is 5.73 Å². The summed E-state index contributed by atoms with van der Waals surface area (Å²) in [4.78, 5) is 12.5. The van der Waals surface area contributed by atoms with Gasteiger partial charge in [-0.1, -0.05) is 17.7 Å². The van der Waals surface area contributed by atoms with Gasteiger partial charge in [-0.2, -0.15) is 23.5 Å². The second-order valence-electron chi connectivity index (χ2n) is 7.42. The Morgan fingerprint density at radius 1 is 1.34 bits per heavy atom. The number of ether oxygens (including phenoxy) is 2. The first-order chi connectivity index (χ1) is 15.0. The highest BCUT2D eigenvalue weighted by atomic mass is 19.4. The van der Waals surface area contributed by atoms with Crippen LogP contribution in [0, 0.1) is 25.2 Å². The molecule has 3 rings (SSSR count). The zero-order valence-electron chi connectivity index (χ0n) is 17.9. The Bertz CT molecular complexity index is 1190. The molecule has 2 heterocycles. The number of methoxy groups -OCH3 is 1. The van der Waals surface area contributed by atoms with Gasteiger partial charge in [0.25, 0.3) is 0 Å². The summed E-state index contributed by atoms with van der Waals surface area (Å²) in [6.07, 6.45) is -3.29. The molecule has 1 aliphatic rings. The Hall–Kier alpha value is -3.74. The van der Waals surface area contributed by atoms with Gasteiger partial charge in [-0.05, 0) is 43.5 Å². The molecule has 10 heteroatoms. The predicted octanol–water partition coefficient (Wildman–Crippen LogP) is 3.82. The van der Waals surface area contributed by atoms with Crippen molar-refractivity contribution in [1.29, 1.82) is 5.26 Å². The van der Waals surface area contributed by atoms with Crippen LogP contribution in [-0.2, 0) is 27.0 Å². The molecule has 0 saturated carbocycles. The van der Waals surface area contributed by atoms with E-state index in [1.54, 1.807) is 19.9 Å². The van der Waals surface area contributed by atoms with Crippen LogP contribution in [0.25, 0.3) is 0 Å². The first-order valence-corrected chi connectivity index (χ1v) is 9.55. The molecule has 7 nitrogen and oxygen atoms in total. The number of hydrogen-bond acceptors (Lipinski definition) is 6. The van der Waals surface area contributed by atoms with E-state index in [1.807, 2.05) is 19.1 Å². The van der Waals surface area contributed by atoms with Gasteiger partial charge in [0, 0.05) is 6.20 Å². The fourth-order valence-corrected chi connectivity index (χ4v) is 3.77. The van der Waals surface area contributed by atoms with Gasteiger partial charge in [-0.25, -0.2) is 4.79 Å². The quantitative estimate of drug-likeness (QED) is 0.717. The fraction of sp³-hybridized carbons (Fsp3) is 0.318. The van der Waals surface area contributed by atoms with E-state index >= 15 is 0 Å². The number of nitrogens with zero attached hydrogens (tertiary/aromatic N) is 3. The third kappa shape index (κ3) is 4.19. The Balaban J connectivity index is 2.14. The number of aromatic nitrogens is 2. The Labute approximate surface area is 182 Å². The molecular formula is C22H21F3N4O3. The van der Waals surface area contributed by atoms with E-state index in [2.05, 4.69) is 5.10 Å². The highest BCUT2D eigenvalue weighted by Crippen LogP contribution is 2.41. The average molecular weight is 446 g/mol. The van der Waals surface area contributed by atoms with Crippen LogP contribution in [0.5, 0.6) is 0 Å². The first kappa shape index (κ1) is 22.9. The van der Waals surface area contributed by atoms with Crippen molar-refractivity contribution >= 4 is 5.97 Å². The summed E-state index contributed by atoms with van der Waals surface area (Å²) in [5, 5.41) is 13.3. The molecular weight excluding hydrogens is 425 g/mol. The number of hydrogen-bond donors (Lipinski definition) is 1. The Kier molecular flexibility index (Phi) is 6.03. The summed E-state index contributed by atoms with van der Waals surface area (Å²) in [5.74, 6) is -1.42. The average Bonchev–Trinajstić information content (AvgIpc) is 3.18. The first-order valence-electron chi connectivity index (χ1n) is 9.55. The number of allylic oxidation sites excluding steroid dienone is 2. The van der Waals surface area contributed by atoms with Crippen LogP contribution in [0.1, 0.15) is 40.8 Å². The number of alkyl halides is 3. The van der Waals surface area contributed by atoms with Crippen LogP contribution in [0.2, 0.25) is 0 Å². The molecule has 0 spiro atoms. The number of rotatable bonds is 4. The lowest BCUT2D eigenvalue weighted by molar-refractivity contribution is -0.141. The van der Waals surface area contributed by atoms with Crippen LogP contribution in [0.15, 0.2) is 47.2 Å². The Morgan fingerprint density at radius 3 is 2.59 bits per heavy atom. The van der Waals surface area contributed by atoms with Crippen LogP contribution in [-0.4, -0.2) is 22.9 Å². The summed E-state index contributed by atoms with van der Waals surface area (Å²) in [7, 11) is 1.22. The predicted molar refractivity (Wildman–Crippen MR) is 108 cm³/mol. The van der Waals surface area contributed by atoms with Crippen LogP contribution in [0.3, 0.4) is 0 Å². The monoisotopic (exact) mass is 446 g/mol. The van der Waals surface area contributed by atoms with Crippen LogP contribution >= 0.6 is 0 Å². The van der Waals surface area contributed by atoms with Crippen molar-refractivity contribution in [3.05, 3.63) is 75.1 Å². The lowest BCUT2D eigenvalue weighted by Gasteiger charge is -2.28. The van der Waals surface area contributed by atoms with Gasteiger partial charge in [0.2, 0.25) is 5.88 Å². The number of esters is 1. The molecule has 0 amide bonds. The lowest BCUT2D eigenvalue weighted by Crippen LogP contribution is -2.26. The Morgan fingerprint density at radius 2 is 2.03 bits per heavy atom. The molecule has 2 N–H and O–H groups in total. The van der Waals surface area contributed by atoms with E-state index in [9.17, 15) is 23.2 Å². The molecule has 0 unspecified atom stereocenters. The zero-order chi connectivity index (χ0) is 23.8. The maximum Gasteiger partial charge on any atom is 0.435 e. The van der Waals surface area contributed by atoms with E-state index in [0.717, 1.165) is 11.6 Å². The number of nitriles is 1. The van der Waals surface area contributed by atoms with Crippen molar-refractivity contribution in [1.82, 2.24) is 9.78 Å². The number of aryl methyl sites for hydroxylation is 1. The summed E-state index contributed by atoms with van der Waals surface area (Å²) in [6, 6.07) is 6.54. The normalized spacial score (nSPS) is 16.6. The second-order valence-corrected chi connectivity index (χ2v) is 7.42. The fourth-order valence-electron chi connectivity index (χ4n) is 3.77. The van der Waals surface area contributed by atoms with Gasteiger partial charge in [0.05, 0.1) is 25.1 Å². The van der Waals surface area contributed by atoms with Gasteiger partial charge in [-0.3, -0.25) is 4.68 Å². The smallest absolute Gasteiger partial charge is 0.435 e. The SMILES string of the molecule is COC(=O)C1=C(C)OC(N)=C(C#N)[C@@H]1c1cc(C)cc(Cn2ccc(C(F)(F)F)n2)c1C. The number of benzene rings is 1. The van der Waals surface area contributed by atoms with E-state index in [0.29, 0.717) is 16.7 Å². The topological polar surface area (TPSA) is 103 Å². The lowest BCUT2D eigenvalue weighted by atomic mass is 9.79. The highest BCUT2D eigenvalue weighted by molar-refractivity contribution is 5.92. The number of halogens is 3. The number of nitrogens with two attached hydrogens (primary N) is 1. The van der Waals surface area contributed by atoms with E-state index < -0.39 is 23.8 Å². The minimum absolute atomic E-state index is 0.0501. The van der Waals surface area contributed by atoms with Gasteiger partial charge in [0.15, 0.2) is 5.69 Å². The van der Waals surface area contributed by atoms with Gasteiger partial charge in [-0.15, -0.1) is 0 Å². The van der Waals surface area contributed by atoms with Gasteiger partial charge < -0.3 is 15.2 Å². The molecule has 1 aliphatic heterocycles. The highest BCUT2D eigenvalue weighted by Gasteiger charge is 2.37. The van der Waals surface area contributed by atoms with Crippen molar-refractivity contribution in [2.45, 2.75) is 39.4 Å². The van der Waals surface area contributed by atoms with Gasteiger partial charge in [0.1, 0.15) is 17.4 Å². The van der Waals surface area contributed by atoms with Crippen molar-refractivity contribution < 1.29 is 27.4 Å². The number of carbonyl (C=O) groups excluding carboxylic acids is 1. The van der Waals surface area contributed by atoms with E-state index in [1.165, 1.54) is 18.0 Å².